The molecule has 0 aliphatic heterocycles. The molecule has 0 saturated carbocycles. The van der Waals surface area contributed by atoms with Gasteiger partial charge in [0.25, 0.3) is 0 Å². The summed E-state index contributed by atoms with van der Waals surface area (Å²) in [7, 11) is 3.49. The fourth-order valence-corrected chi connectivity index (χ4v) is 3.50. The summed E-state index contributed by atoms with van der Waals surface area (Å²) in [5.41, 5.74) is 1.53. The highest BCUT2D eigenvalue weighted by Crippen LogP contribution is 2.31. The molecule has 26 heavy (non-hydrogen) atoms. The van der Waals surface area contributed by atoms with Crippen LogP contribution in [0.2, 0.25) is 0 Å². The lowest BCUT2D eigenvalue weighted by Gasteiger charge is -2.10. The van der Waals surface area contributed by atoms with Gasteiger partial charge in [0.1, 0.15) is 5.75 Å². The van der Waals surface area contributed by atoms with Gasteiger partial charge in [-0.3, -0.25) is 9.36 Å². The number of allylic oxidation sites excluding steroid dienone is 1. The van der Waals surface area contributed by atoms with Crippen LogP contribution < -0.4 is 4.74 Å². The zero-order chi connectivity index (χ0) is 18.5. The molecule has 2 heterocycles. The van der Waals surface area contributed by atoms with E-state index in [9.17, 15) is 4.79 Å². The molecule has 0 amide bonds. The Morgan fingerprint density at radius 3 is 2.77 bits per heavy atom. The maximum absolute atomic E-state index is 12.4. The summed E-state index contributed by atoms with van der Waals surface area (Å²) >= 11 is 1.37. The number of nitrogens with zero attached hydrogens (tertiary/aromatic N) is 4. The number of methoxy groups -OCH3 is 1. The molecular weight excluding hydrogens is 348 g/mol. The third kappa shape index (κ3) is 3.57. The number of Topliss-reactive ketones (excluding diaryl/α,β-unsaturated/α-hetero) is 1. The molecule has 6 nitrogen and oxygen atoms in total. The molecule has 0 fully saturated rings. The van der Waals surface area contributed by atoms with Gasteiger partial charge in [-0.15, -0.1) is 16.8 Å². The monoisotopic (exact) mass is 368 g/mol. The van der Waals surface area contributed by atoms with Crippen molar-refractivity contribution in [3.63, 3.8) is 0 Å². The zero-order valence-electron chi connectivity index (χ0n) is 14.8. The summed E-state index contributed by atoms with van der Waals surface area (Å²) in [6.45, 7) is 4.36. The molecule has 0 N–H and O–H groups in total. The van der Waals surface area contributed by atoms with Crippen molar-refractivity contribution in [1.29, 1.82) is 0 Å². The Hall–Kier alpha value is -2.80. The van der Waals surface area contributed by atoms with E-state index in [2.05, 4.69) is 16.8 Å². The molecular formula is C19H20N4O2S. The van der Waals surface area contributed by atoms with Gasteiger partial charge in [0.2, 0.25) is 0 Å². The number of hydrogen-bond donors (Lipinski definition) is 0. The van der Waals surface area contributed by atoms with E-state index in [1.54, 1.807) is 13.2 Å². The number of ether oxygens (including phenoxy) is 1. The summed E-state index contributed by atoms with van der Waals surface area (Å²) < 4.78 is 9.19. The van der Waals surface area contributed by atoms with Gasteiger partial charge in [-0.25, -0.2) is 0 Å². The van der Waals surface area contributed by atoms with E-state index < -0.39 is 0 Å². The number of thioether (sulfide) groups is 1. The quantitative estimate of drug-likeness (QED) is 0.346. The predicted molar refractivity (Wildman–Crippen MR) is 103 cm³/mol. The summed E-state index contributed by atoms with van der Waals surface area (Å²) in [6.07, 6.45) is 3.64. The van der Waals surface area contributed by atoms with Gasteiger partial charge in [-0.05, 0) is 24.3 Å². The minimum absolute atomic E-state index is 0.0505. The average Bonchev–Trinajstić information content (AvgIpc) is 3.26. The van der Waals surface area contributed by atoms with Gasteiger partial charge in [0.15, 0.2) is 16.8 Å². The zero-order valence-corrected chi connectivity index (χ0v) is 15.6. The van der Waals surface area contributed by atoms with Crippen molar-refractivity contribution < 1.29 is 9.53 Å². The maximum atomic E-state index is 12.4. The summed E-state index contributed by atoms with van der Waals surface area (Å²) in [4.78, 5) is 12.4. The molecule has 3 rings (SSSR count). The molecule has 2 aromatic heterocycles. The number of carbonyl (C=O) groups is 1. The predicted octanol–water partition coefficient (Wildman–Crippen LogP) is 3.45. The number of ketones is 1. The second-order valence-electron chi connectivity index (χ2n) is 5.62. The fourth-order valence-electron chi connectivity index (χ4n) is 2.67. The number of aromatic nitrogens is 4. The molecule has 0 bridgehead atoms. The Labute approximate surface area is 156 Å². The van der Waals surface area contributed by atoms with Crippen molar-refractivity contribution in [2.24, 2.45) is 7.05 Å². The van der Waals surface area contributed by atoms with Crippen molar-refractivity contribution in [3.8, 4) is 17.1 Å². The van der Waals surface area contributed by atoms with E-state index in [4.69, 9.17) is 4.74 Å². The Bertz CT molecular complexity index is 929. The standard InChI is InChI=1S/C19H20N4O2S/c1-4-11-23-18(14-8-5-6-10-17(14)25-3)20-21-19(23)26-13-16(24)15-9-7-12-22(15)2/h4-10,12H,1,11,13H2,2-3H3. The van der Waals surface area contributed by atoms with Crippen LogP contribution in [0.15, 0.2) is 60.4 Å². The van der Waals surface area contributed by atoms with Crippen LogP contribution in [0.1, 0.15) is 10.5 Å². The normalized spacial score (nSPS) is 10.7. The molecule has 3 aromatic rings. The second kappa shape index (κ2) is 8.05. The van der Waals surface area contributed by atoms with Crippen LogP contribution in [0.25, 0.3) is 11.4 Å². The summed E-state index contributed by atoms with van der Waals surface area (Å²) in [5, 5.41) is 9.27. The Balaban J connectivity index is 1.87. The van der Waals surface area contributed by atoms with Crippen LogP contribution >= 0.6 is 11.8 Å². The first-order valence-corrected chi connectivity index (χ1v) is 9.09. The molecule has 7 heteroatoms. The number of para-hydroxylation sites is 1. The minimum atomic E-state index is 0.0505. The molecule has 0 aliphatic carbocycles. The van der Waals surface area contributed by atoms with E-state index >= 15 is 0 Å². The van der Waals surface area contributed by atoms with Crippen LogP contribution in [0.3, 0.4) is 0 Å². The maximum Gasteiger partial charge on any atom is 0.192 e. The van der Waals surface area contributed by atoms with E-state index in [0.29, 0.717) is 29.0 Å². The van der Waals surface area contributed by atoms with Gasteiger partial charge in [0.05, 0.1) is 24.1 Å². The Kier molecular flexibility index (Phi) is 5.58. The highest BCUT2D eigenvalue weighted by Gasteiger charge is 2.18. The lowest BCUT2D eigenvalue weighted by Crippen LogP contribution is -2.09. The van der Waals surface area contributed by atoms with Crippen molar-refractivity contribution in [1.82, 2.24) is 19.3 Å². The van der Waals surface area contributed by atoms with Gasteiger partial charge in [-0.2, -0.15) is 0 Å². The Morgan fingerprint density at radius 2 is 2.08 bits per heavy atom. The number of aryl methyl sites for hydroxylation is 1. The third-order valence-electron chi connectivity index (χ3n) is 3.94. The molecule has 0 spiro atoms. The lowest BCUT2D eigenvalue weighted by molar-refractivity contribution is 0.101. The largest absolute Gasteiger partial charge is 0.496 e. The minimum Gasteiger partial charge on any atom is -0.496 e. The van der Waals surface area contributed by atoms with Crippen LogP contribution in [0, 0.1) is 0 Å². The van der Waals surface area contributed by atoms with Crippen molar-refractivity contribution in [3.05, 3.63) is 60.9 Å². The average molecular weight is 368 g/mol. The Morgan fingerprint density at radius 1 is 1.27 bits per heavy atom. The first-order chi connectivity index (χ1) is 12.7. The molecule has 0 saturated heterocycles. The SMILES string of the molecule is C=CCn1c(SCC(=O)c2cccn2C)nnc1-c1ccccc1OC. The van der Waals surface area contributed by atoms with Crippen molar-refractivity contribution in [2.75, 3.05) is 12.9 Å². The topological polar surface area (TPSA) is 61.9 Å². The van der Waals surface area contributed by atoms with Gasteiger partial charge >= 0.3 is 0 Å². The summed E-state index contributed by atoms with van der Waals surface area (Å²) in [6, 6.07) is 11.3. The number of rotatable bonds is 8. The van der Waals surface area contributed by atoms with Gasteiger partial charge in [-0.1, -0.05) is 30.0 Å². The second-order valence-corrected chi connectivity index (χ2v) is 6.56. The molecule has 0 unspecified atom stereocenters. The van der Waals surface area contributed by atoms with Crippen LogP contribution in [-0.4, -0.2) is 38.0 Å². The van der Waals surface area contributed by atoms with E-state index in [1.165, 1.54) is 11.8 Å². The van der Waals surface area contributed by atoms with Crippen molar-refractivity contribution in [2.45, 2.75) is 11.7 Å². The van der Waals surface area contributed by atoms with E-state index in [-0.39, 0.29) is 5.78 Å². The third-order valence-corrected chi connectivity index (χ3v) is 4.90. The fraction of sp³-hybridized carbons (Fsp3) is 0.211. The smallest absolute Gasteiger partial charge is 0.192 e. The summed E-state index contributed by atoms with van der Waals surface area (Å²) in [5.74, 6) is 1.76. The van der Waals surface area contributed by atoms with Crippen molar-refractivity contribution >= 4 is 17.5 Å². The number of carbonyl (C=O) groups excluding carboxylic acids is 1. The van der Waals surface area contributed by atoms with Crippen LogP contribution in [0.5, 0.6) is 5.75 Å². The van der Waals surface area contributed by atoms with E-state index in [1.807, 2.05) is 58.8 Å². The first kappa shape index (κ1) is 18.0. The van der Waals surface area contributed by atoms with Gasteiger partial charge in [0, 0.05) is 19.8 Å². The molecule has 0 radical (unpaired) electrons. The molecule has 1 aromatic carbocycles. The van der Waals surface area contributed by atoms with E-state index in [0.717, 1.165) is 11.3 Å². The lowest BCUT2D eigenvalue weighted by atomic mass is 10.2. The molecule has 134 valence electrons. The highest BCUT2D eigenvalue weighted by atomic mass is 32.2. The first-order valence-electron chi connectivity index (χ1n) is 8.10. The van der Waals surface area contributed by atoms with Crippen LogP contribution in [-0.2, 0) is 13.6 Å². The molecule has 0 atom stereocenters. The molecule has 0 aliphatic rings. The number of benzene rings is 1. The highest BCUT2D eigenvalue weighted by molar-refractivity contribution is 7.99. The van der Waals surface area contributed by atoms with Crippen LogP contribution in [0.4, 0.5) is 0 Å². The van der Waals surface area contributed by atoms with Gasteiger partial charge < -0.3 is 9.30 Å². The number of hydrogen-bond acceptors (Lipinski definition) is 5.